The van der Waals surface area contributed by atoms with Gasteiger partial charge in [-0.2, -0.15) is 0 Å². The molecule has 0 atom stereocenters. The maximum Gasteiger partial charge on any atom is 0.293 e. The van der Waals surface area contributed by atoms with Gasteiger partial charge >= 0.3 is 0 Å². The highest BCUT2D eigenvalue weighted by Gasteiger charge is 2.44. The summed E-state index contributed by atoms with van der Waals surface area (Å²) >= 11 is 0. The largest absolute Gasteiger partial charge is 0.461 e. The van der Waals surface area contributed by atoms with Gasteiger partial charge in [0.2, 0.25) is 0 Å². The molecule has 0 radical (unpaired) electrons. The lowest BCUT2D eigenvalue weighted by molar-refractivity contribution is -0.135. The van der Waals surface area contributed by atoms with Crippen LogP contribution in [0.4, 0.5) is 0 Å². The molecule has 0 unspecified atom stereocenters. The Morgan fingerprint density at radius 1 is 1.31 bits per heavy atom. The second kappa shape index (κ2) is 3.21. The normalized spacial score (nSPS) is 17.8. The Bertz CT molecular complexity index is 288. The van der Waals surface area contributed by atoms with Gasteiger partial charge in [-0.3, -0.25) is 4.79 Å². The van der Waals surface area contributed by atoms with Crippen molar-refractivity contribution in [3.63, 3.8) is 0 Å². The molecule has 1 aliphatic rings. The van der Waals surface area contributed by atoms with E-state index in [0.29, 0.717) is 6.47 Å². The molecule has 0 bridgehead atoms. The van der Waals surface area contributed by atoms with Gasteiger partial charge in [0.1, 0.15) is 5.60 Å². The summed E-state index contributed by atoms with van der Waals surface area (Å²) in [5, 5.41) is 0. The first-order valence-electron chi connectivity index (χ1n) is 4.50. The molecular weight excluding hydrogens is 164 g/mol. The van der Waals surface area contributed by atoms with Gasteiger partial charge in [0.15, 0.2) is 0 Å². The molecule has 13 heavy (non-hydrogen) atoms. The average Bonchev–Trinajstić information content (AvgIpc) is 2.87. The van der Waals surface area contributed by atoms with E-state index in [-0.39, 0.29) is 5.60 Å². The summed E-state index contributed by atoms with van der Waals surface area (Å²) in [6, 6.07) is 10.1. The van der Waals surface area contributed by atoms with Crippen molar-refractivity contribution in [1.29, 1.82) is 0 Å². The topological polar surface area (TPSA) is 26.3 Å². The van der Waals surface area contributed by atoms with E-state index in [1.165, 1.54) is 5.56 Å². The number of carbonyl (C=O) groups is 1. The maximum atomic E-state index is 10.2. The van der Waals surface area contributed by atoms with Crippen molar-refractivity contribution in [2.45, 2.75) is 24.9 Å². The third-order valence-corrected chi connectivity index (χ3v) is 2.47. The first-order chi connectivity index (χ1) is 6.35. The van der Waals surface area contributed by atoms with Gasteiger partial charge in [-0.15, -0.1) is 0 Å². The number of benzene rings is 1. The zero-order chi connectivity index (χ0) is 9.15. The highest BCUT2D eigenvalue weighted by atomic mass is 16.5. The van der Waals surface area contributed by atoms with Crippen LogP contribution >= 0.6 is 0 Å². The predicted molar refractivity (Wildman–Crippen MR) is 49.3 cm³/mol. The van der Waals surface area contributed by atoms with Gasteiger partial charge in [0, 0.05) is 6.42 Å². The minimum absolute atomic E-state index is 0.164. The van der Waals surface area contributed by atoms with Crippen LogP contribution in [-0.4, -0.2) is 12.1 Å². The first kappa shape index (κ1) is 8.30. The third-order valence-electron chi connectivity index (χ3n) is 2.47. The molecule has 68 valence electrons. The summed E-state index contributed by atoms with van der Waals surface area (Å²) in [4.78, 5) is 10.2. The van der Waals surface area contributed by atoms with Gasteiger partial charge < -0.3 is 4.74 Å². The van der Waals surface area contributed by atoms with Crippen LogP contribution in [0.2, 0.25) is 0 Å². The fourth-order valence-corrected chi connectivity index (χ4v) is 1.55. The zero-order valence-electron chi connectivity index (χ0n) is 7.40. The molecule has 1 saturated carbocycles. The maximum absolute atomic E-state index is 10.2. The fraction of sp³-hybridized carbons (Fsp3) is 0.364. The van der Waals surface area contributed by atoms with Crippen molar-refractivity contribution in [2.24, 2.45) is 0 Å². The van der Waals surface area contributed by atoms with Crippen LogP contribution in [0, 0.1) is 0 Å². The molecule has 2 heteroatoms. The number of carbonyl (C=O) groups excluding carboxylic acids is 1. The predicted octanol–water partition coefficient (Wildman–Crippen LogP) is 1.93. The average molecular weight is 176 g/mol. The quantitative estimate of drug-likeness (QED) is 0.655. The zero-order valence-corrected chi connectivity index (χ0v) is 7.40. The molecule has 0 amide bonds. The third kappa shape index (κ3) is 1.89. The Morgan fingerprint density at radius 2 is 2.00 bits per heavy atom. The molecule has 1 aliphatic carbocycles. The molecule has 0 N–H and O–H groups in total. The standard InChI is InChI=1S/C11H12O2/c12-9-13-11(6-7-11)8-10-4-2-1-3-5-10/h1-5,9H,6-8H2. The Hall–Kier alpha value is -1.31. The van der Waals surface area contributed by atoms with Gasteiger partial charge in [-0.05, 0) is 18.4 Å². The van der Waals surface area contributed by atoms with Crippen LogP contribution in [0.25, 0.3) is 0 Å². The van der Waals surface area contributed by atoms with Crippen LogP contribution in [0.15, 0.2) is 30.3 Å². The van der Waals surface area contributed by atoms with E-state index in [2.05, 4.69) is 12.1 Å². The SMILES string of the molecule is O=COC1(Cc2ccccc2)CC1. The number of hydrogen-bond donors (Lipinski definition) is 0. The Morgan fingerprint density at radius 3 is 2.54 bits per heavy atom. The van der Waals surface area contributed by atoms with Crippen molar-refractivity contribution in [1.82, 2.24) is 0 Å². The van der Waals surface area contributed by atoms with Gasteiger partial charge in [-0.25, -0.2) is 0 Å². The summed E-state index contributed by atoms with van der Waals surface area (Å²) in [5.74, 6) is 0. The summed E-state index contributed by atoms with van der Waals surface area (Å²) in [7, 11) is 0. The monoisotopic (exact) mass is 176 g/mol. The molecule has 0 aromatic heterocycles. The second-order valence-corrected chi connectivity index (χ2v) is 3.56. The summed E-state index contributed by atoms with van der Waals surface area (Å²) < 4.78 is 5.06. The van der Waals surface area contributed by atoms with Gasteiger partial charge in [0.05, 0.1) is 0 Å². The molecule has 1 fully saturated rings. The van der Waals surface area contributed by atoms with Crippen molar-refractivity contribution in [2.75, 3.05) is 0 Å². The highest BCUT2D eigenvalue weighted by molar-refractivity contribution is 5.40. The van der Waals surface area contributed by atoms with E-state index in [9.17, 15) is 4.79 Å². The van der Waals surface area contributed by atoms with Crippen LogP contribution in [0.1, 0.15) is 18.4 Å². The number of rotatable bonds is 4. The fourth-order valence-electron chi connectivity index (χ4n) is 1.55. The van der Waals surface area contributed by atoms with Crippen LogP contribution in [0.5, 0.6) is 0 Å². The van der Waals surface area contributed by atoms with E-state index >= 15 is 0 Å². The lowest BCUT2D eigenvalue weighted by atomic mass is 10.1. The van der Waals surface area contributed by atoms with E-state index in [1.807, 2.05) is 18.2 Å². The minimum atomic E-state index is -0.164. The van der Waals surface area contributed by atoms with Crippen molar-refractivity contribution in [3.8, 4) is 0 Å². The summed E-state index contributed by atoms with van der Waals surface area (Å²) in [6.07, 6.45) is 2.86. The van der Waals surface area contributed by atoms with E-state index in [4.69, 9.17) is 4.74 Å². The first-order valence-corrected chi connectivity index (χ1v) is 4.50. The molecule has 2 rings (SSSR count). The molecule has 1 aromatic rings. The minimum Gasteiger partial charge on any atom is -0.461 e. The molecule has 2 nitrogen and oxygen atoms in total. The van der Waals surface area contributed by atoms with Gasteiger partial charge in [0.25, 0.3) is 6.47 Å². The summed E-state index contributed by atoms with van der Waals surface area (Å²) in [6.45, 7) is 0.565. The van der Waals surface area contributed by atoms with Crippen LogP contribution < -0.4 is 0 Å². The molecule has 1 aromatic carbocycles. The molecule has 0 heterocycles. The Balaban J connectivity index is 2.02. The lowest BCUT2D eigenvalue weighted by Crippen LogP contribution is -2.16. The van der Waals surface area contributed by atoms with E-state index in [0.717, 1.165) is 19.3 Å². The Labute approximate surface area is 77.5 Å². The Kier molecular flexibility index (Phi) is 2.05. The summed E-state index contributed by atoms with van der Waals surface area (Å²) in [5.41, 5.74) is 1.07. The van der Waals surface area contributed by atoms with Crippen LogP contribution in [0.3, 0.4) is 0 Å². The van der Waals surface area contributed by atoms with Crippen molar-refractivity contribution in [3.05, 3.63) is 35.9 Å². The molecule has 0 aliphatic heterocycles. The van der Waals surface area contributed by atoms with Gasteiger partial charge in [-0.1, -0.05) is 30.3 Å². The lowest BCUT2D eigenvalue weighted by Gasteiger charge is -2.12. The van der Waals surface area contributed by atoms with E-state index < -0.39 is 0 Å². The molecular formula is C11H12O2. The second-order valence-electron chi connectivity index (χ2n) is 3.56. The highest BCUT2D eigenvalue weighted by Crippen LogP contribution is 2.41. The molecule has 0 spiro atoms. The van der Waals surface area contributed by atoms with E-state index in [1.54, 1.807) is 0 Å². The van der Waals surface area contributed by atoms with Crippen molar-refractivity contribution < 1.29 is 9.53 Å². The number of ether oxygens (including phenoxy) is 1. The number of hydrogen-bond acceptors (Lipinski definition) is 2. The van der Waals surface area contributed by atoms with Crippen LogP contribution in [-0.2, 0) is 16.0 Å². The molecule has 0 saturated heterocycles. The smallest absolute Gasteiger partial charge is 0.293 e. The van der Waals surface area contributed by atoms with Crippen molar-refractivity contribution >= 4 is 6.47 Å².